The highest BCUT2D eigenvalue weighted by atomic mass is 16.5. The molecule has 1 atom stereocenters. The third-order valence-electron chi connectivity index (χ3n) is 2.84. The quantitative estimate of drug-likeness (QED) is 0.825. The maximum absolute atomic E-state index is 11.5. The zero-order chi connectivity index (χ0) is 13.7. The largest absolute Gasteiger partial charge is 0.497 e. The van der Waals surface area contributed by atoms with Gasteiger partial charge in [0.05, 0.1) is 13.7 Å². The molecule has 1 aliphatic carbocycles. The van der Waals surface area contributed by atoms with Crippen molar-refractivity contribution in [3.8, 4) is 11.5 Å². The van der Waals surface area contributed by atoms with Gasteiger partial charge in [-0.2, -0.15) is 0 Å². The fourth-order valence-corrected chi connectivity index (χ4v) is 1.65. The SMILES string of the molecule is COc1cccc(O[C@H](C)CNC(=O)NC2CC2)c1. The number of amides is 2. The van der Waals surface area contributed by atoms with E-state index in [4.69, 9.17) is 9.47 Å². The molecule has 1 aromatic rings. The van der Waals surface area contributed by atoms with Crippen LogP contribution >= 0.6 is 0 Å². The van der Waals surface area contributed by atoms with Crippen LogP contribution in [0.2, 0.25) is 0 Å². The van der Waals surface area contributed by atoms with Crippen molar-refractivity contribution in [2.45, 2.75) is 31.9 Å². The number of carbonyl (C=O) groups excluding carboxylic acids is 1. The summed E-state index contributed by atoms with van der Waals surface area (Å²) in [6.07, 6.45) is 2.07. The van der Waals surface area contributed by atoms with Gasteiger partial charge in [-0.1, -0.05) is 6.07 Å². The average molecular weight is 264 g/mol. The predicted octanol–water partition coefficient (Wildman–Crippen LogP) is 1.92. The highest BCUT2D eigenvalue weighted by molar-refractivity contribution is 5.74. The van der Waals surface area contributed by atoms with E-state index in [1.54, 1.807) is 7.11 Å². The van der Waals surface area contributed by atoms with Gasteiger partial charge in [0.25, 0.3) is 0 Å². The summed E-state index contributed by atoms with van der Waals surface area (Å²) in [7, 11) is 1.62. The molecule has 0 saturated heterocycles. The Balaban J connectivity index is 1.73. The van der Waals surface area contributed by atoms with Crippen LogP contribution in [-0.2, 0) is 0 Å². The number of methoxy groups -OCH3 is 1. The lowest BCUT2D eigenvalue weighted by molar-refractivity contribution is 0.207. The van der Waals surface area contributed by atoms with E-state index in [0.29, 0.717) is 12.6 Å². The van der Waals surface area contributed by atoms with Crippen molar-refractivity contribution in [3.63, 3.8) is 0 Å². The van der Waals surface area contributed by atoms with E-state index in [9.17, 15) is 4.79 Å². The maximum Gasteiger partial charge on any atom is 0.315 e. The summed E-state index contributed by atoms with van der Waals surface area (Å²) in [6, 6.07) is 7.66. The minimum Gasteiger partial charge on any atom is -0.497 e. The maximum atomic E-state index is 11.5. The van der Waals surface area contributed by atoms with E-state index in [-0.39, 0.29) is 12.1 Å². The fourth-order valence-electron chi connectivity index (χ4n) is 1.65. The van der Waals surface area contributed by atoms with Gasteiger partial charge in [-0.3, -0.25) is 0 Å². The van der Waals surface area contributed by atoms with Crippen LogP contribution in [0.1, 0.15) is 19.8 Å². The lowest BCUT2D eigenvalue weighted by Crippen LogP contribution is -2.41. The second-order valence-corrected chi connectivity index (χ2v) is 4.74. The van der Waals surface area contributed by atoms with Gasteiger partial charge in [-0.25, -0.2) is 4.79 Å². The molecule has 0 unspecified atom stereocenters. The molecular formula is C14H20N2O3. The van der Waals surface area contributed by atoms with Gasteiger partial charge >= 0.3 is 6.03 Å². The minimum absolute atomic E-state index is 0.0999. The van der Waals surface area contributed by atoms with E-state index in [2.05, 4.69) is 10.6 Å². The smallest absolute Gasteiger partial charge is 0.315 e. The molecule has 2 N–H and O–H groups in total. The summed E-state index contributed by atoms with van der Waals surface area (Å²) in [5.74, 6) is 1.49. The first-order valence-electron chi connectivity index (χ1n) is 6.52. The molecule has 0 spiro atoms. The van der Waals surface area contributed by atoms with Crippen LogP contribution in [0.4, 0.5) is 4.79 Å². The van der Waals surface area contributed by atoms with Crippen LogP contribution in [0, 0.1) is 0 Å². The van der Waals surface area contributed by atoms with Crippen molar-refractivity contribution in [3.05, 3.63) is 24.3 Å². The summed E-state index contributed by atoms with van der Waals surface area (Å²) in [5.41, 5.74) is 0. The third kappa shape index (κ3) is 4.69. The molecule has 5 heteroatoms. The Kier molecular flexibility index (Phi) is 4.49. The molecular weight excluding hydrogens is 244 g/mol. The van der Waals surface area contributed by atoms with Crippen molar-refractivity contribution in [1.29, 1.82) is 0 Å². The van der Waals surface area contributed by atoms with Crippen molar-refractivity contribution >= 4 is 6.03 Å². The number of nitrogens with one attached hydrogen (secondary N) is 2. The van der Waals surface area contributed by atoms with E-state index in [0.717, 1.165) is 24.3 Å². The molecule has 0 bridgehead atoms. The third-order valence-corrected chi connectivity index (χ3v) is 2.84. The molecule has 2 rings (SSSR count). The van der Waals surface area contributed by atoms with E-state index in [1.807, 2.05) is 31.2 Å². The zero-order valence-corrected chi connectivity index (χ0v) is 11.3. The Bertz CT molecular complexity index is 432. The fraction of sp³-hybridized carbons (Fsp3) is 0.500. The molecule has 0 radical (unpaired) electrons. The van der Waals surface area contributed by atoms with Crippen LogP contribution in [0.3, 0.4) is 0 Å². The number of urea groups is 1. The number of hydrogen-bond donors (Lipinski definition) is 2. The molecule has 1 aliphatic rings. The summed E-state index contributed by atoms with van der Waals surface area (Å²) < 4.78 is 10.8. The Morgan fingerprint density at radius 2 is 2.16 bits per heavy atom. The number of rotatable bonds is 6. The first kappa shape index (κ1) is 13.5. The van der Waals surface area contributed by atoms with Gasteiger partial charge in [-0.15, -0.1) is 0 Å². The Hall–Kier alpha value is -1.91. The number of carbonyl (C=O) groups is 1. The molecule has 1 saturated carbocycles. The van der Waals surface area contributed by atoms with Crippen LogP contribution in [-0.4, -0.2) is 31.8 Å². The number of benzene rings is 1. The second kappa shape index (κ2) is 6.31. The van der Waals surface area contributed by atoms with Crippen molar-refractivity contribution in [2.75, 3.05) is 13.7 Å². The summed E-state index contributed by atoms with van der Waals surface area (Å²) in [5, 5.41) is 5.66. The molecule has 104 valence electrons. The van der Waals surface area contributed by atoms with Gasteiger partial charge in [0.2, 0.25) is 0 Å². The normalized spacial score (nSPS) is 15.5. The topological polar surface area (TPSA) is 59.6 Å². The molecule has 0 heterocycles. The first-order valence-corrected chi connectivity index (χ1v) is 6.52. The highest BCUT2D eigenvalue weighted by Crippen LogP contribution is 2.20. The molecule has 1 fully saturated rings. The van der Waals surface area contributed by atoms with Gasteiger partial charge < -0.3 is 20.1 Å². The minimum atomic E-state index is -0.122. The van der Waals surface area contributed by atoms with E-state index < -0.39 is 0 Å². The van der Waals surface area contributed by atoms with Gasteiger partial charge in [0, 0.05) is 12.1 Å². The predicted molar refractivity (Wildman–Crippen MR) is 72.6 cm³/mol. The van der Waals surface area contributed by atoms with Crippen LogP contribution in [0.5, 0.6) is 11.5 Å². The molecule has 1 aromatic carbocycles. The Morgan fingerprint density at radius 1 is 1.42 bits per heavy atom. The van der Waals surface area contributed by atoms with Crippen LogP contribution in [0.25, 0.3) is 0 Å². The monoisotopic (exact) mass is 264 g/mol. The molecule has 5 nitrogen and oxygen atoms in total. The Labute approximate surface area is 113 Å². The lowest BCUT2D eigenvalue weighted by Gasteiger charge is -2.16. The van der Waals surface area contributed by atoms with Crippen molar-refractivity contribution in [2.24, 2.45) is 0 Å². The number of hydrogen-bond acceptors (Lipinski definition) is 3. The van der Waals surface area contributed by atoms with Crippen molar-refractivity contribution in [1.82, 2.24) is 10.6 Å². The molecule has 0 aliphatic heterocycles. The van der Waals surface area contributed by atoms with E-state index >= 15 is 0 Å². The van der Waals surface area contributed by atoms with Gasteiger partial charge in [0.15, 0.2) is 0 Å². The lowest BCUT2D eigenvalue weighted by atomic mass is 10.3. The standard InChI is InChI=1S/C14H20N2O3/c1-10(9-15-14(17)16-11-6-7-11)19-13-5-3-4-12(8-13)18-2/h3-5,8,10-11H,6-7,9H2,1-2H3,(H2,15,16,17)/t10-/m1/s1. The van der Waals surface area contributed by atoms with Crippen molar-refractivity contribution < 1.29 is 14.3 Å². The van der Waals surface area contributed by atoms with Crippen LogP contribution in [0.15, 0.2) is 24.3 Å². The first-order chi connectivity index (χ1) is 9.17. The molecule has 0 aromatic heterocycles. The number of ether oxygens (including phenoxy) is 2. The molecule has 19 heavy (non-hydrogen) atoms. The van der Waals surface area contributed by atoms with Gasteiger partial charge in [0.1, 0.15) is 17.6 Å². The van der Waals surface area contributed by atoms with Crippen LogP contribution < -0.4 is 20.1 Å². The Morgan fingerprint density at radius 3 is 2.84 bits per heavy atom. The summed E-state index contributed by atoms with van der Waals surface area (Å²) >= 11 is 0. The summed E-state index contributed by atoms with van der Waals surface area (Å²) in [4.78, 5) is 11.5. The molecule has 2 amide bonds. The van der Waals surface area contributed by atoms with Gasteiger partial charge in [-0.05, 0) is 31.9 Å². The van der Waals surface area contributed by atoms with E-state index in [1.165, 1.54) is 0 Å². The highest BCUT2D eigenvalue weighted by Gasteiger charge is 2.23. The second-order valence-electron chi connectivity index (χ2n) is 4.74. The summed E-state index contributed by atoms with van der Waals surface area (Å²) in [6.45, 7) is 2.38. The zero-order valence-electron chi connectivity index (χ0n) is 11.3. The average Bonchev–Trinajstić information content (AvgIpc) is 3.20.